The van der Waals surface area contributed by atoms with Gasteiger partial charge in [-0.15, -0.1) is 20.5 Å². The molecule has 6 aromatic rings. The van der Waals surface area contributed by atoms with Crippen molar-refractivity contribution in [2.75, 3.05) is 20.0 Å². The summed E-state index contributed by atoms with van der Waals surface area (Å²) in [6.45, 7) is 0. The van der Waals surface area contributed by atoms with Gasteiger partial charge in [0, 0.05) is 21.5 Å². The molecule has 6 aromatic carbocycles. The van der Waals surface area contributed by atoms with E-state index in [0.29, 0.717) is 22.3 Å². The van der Waals surface area contributed by atoms with Crippen LogP contribution in [0.5, 0.6) is 17.2 Å². The predicted molar refractivity (Wildman–Crippen MR) is 183 cm³/mol. The quantitative estimate of drug-likeness (QED) is 0.0937. The molecule has 0 unspecified atom stereocenters. The number of ether oxygens (including phenoxy) is 2. The number of methoxy groups -OCH3 is 2. The zero-order valence-corrected chi connectivity index (χ0v) is 33.8. The average molecular weight is 758 g/mol. The molecule has 0 heterocycles. The Balaban J connectivity index is 0.00000302. The molecule has 52 heavy (non-hydrogen) atoms. The number of nitrogens with zero attached hydrogens (tertiary/aromatic N) is 4. The van der Waals surface area contributed by atoms with Crippen LogP contribution in [0.2, 0.25) is 0 Å². The van der Waals surface area contributed by atoms with Crippen LogP contribution in [0.3, 0.4) is 0 Å². The number of phenols is 1. The summed E-state index contributed by atoms with van der Waals surface area (Å²) in [7, 11) is -6.89. The van der Waals surface area contributed by atoms with E-state index in [9.17, 15) is 31.0 Å². The minimum absolute atomic E-state index is 0. The molecule has 0 fully saturated rings. The summed E-state index contributed by atoms with van der Waals surface area (Å²) in [5.74, 6) is 0.235. The molecule has 0 aromatic heterocycles. The van der Waals surface area contributed by atoms with Gasteiger partial charge in [-0.2, -0.15) is 0 Å². The second-order valence-electron chi connectivity index (χ2n) is 10.7. The number of rotatable bonds is 9. The molecule has 0 atom stereocenters. The van der Waals surface area contributed by atoms with Crippen LogP contribution in [0.4, 0.5) is 28.4 Å². The third kappa shape index (κ3) is 8.31. The Hall–Kier alpha value is -3.94. The largest absolute Gasteiger partial charge is 1.00 e. The Morgan fingerprint density at radius 3 is 1.40 bits per heavy atom. The average Bonchev–Trinajstić information content (AvgIpc) is 3.10. The molecule has 0 bridgehead atoms. The Morgan fingerprint density at radius 2 is 0.942 bits per heavy atom. The van der Waals surface area contributed by atoms with Crippen molar-refractivity contribution in [3.05, 3.63) is 97.1 Å². The van der Waals surface area contributed by atoms with Gasteiger partial charge >= 0.3 is 59.1 Å². The van der Waals surface area contributed by atoms with E-state index in [1.165, 1.54) is 32.4 Å². The summed E-state index contributed by atoms with van der Waals surface area (Å²) in [5, 5.41) is 28.0. The second kappa shape index (κ2) is 16.4. The van der Waals surface area contributed by atoms with Gasteiger partial charge in [0.15, 0.2) is 5.75 Å². The van der Waals surface area contributed by atoms with Gasteiger partial charge in [-0.25, -0.2) is 16.8 Å². The second-order valence-corrected chi connectivity index (χ2v) is 13.4. The van der Waals surface area contributed by atoms with Gasteiger partial charge in [0.25, 0.3) is 0 Å². The molecule has 0 amide bonds. The fourth-order valence-electron chi connectivity index (χ4n) is 5.33. The van der Waals surface area contributed by atoms with Crippen LogP contribution in [0.25, 0.3) is 32.7 Å². The number of benzene rings is 6. The molecule has 0 spiro atoms. The standard InChI is InChI=1S/C34H27N5O9S2.2Na/c1-47-29-15-19(11-13-25(29)36-38-27-17-31(49(41,42)43)21-7-3-5-9-23(21)33(27)35)20-12-14-26(30(16-20)48-2)37-39-28-18-32(50(44,45)46)22-8-4-6-10-24(22)34(28)40;;/h3-18,40H,35H2,1-2H3,(H,41,42,43)(H,44,45,46);;/q;2*+1/p-2. The molecule has 0 aliphatic carbocycles. The first kappa shape index (κ1) is 40.8. The summed E-state index contributed by atoms with van der Waals surface area (Å²) < 4.78 is 82.8. The van der Waals surface area contributed by atoms with Crippen molar-refractivity contribution in [3.63, 3.8) is 0 Å². The van der Waals surface area contributed by atoms with E-state index < -0.39 is 30.0 Å². The molecular formula is C34H25N5Na2O9S2. The van der Waals surface area contributed by atoms with Gasteiger partial charge in [-0.1, -0.05) is 60.7 Å². The van der Waals surface area contributed by atoms with Gasteiger partial charge < -0.3 is 29.4 Å². The number of anilines is 1. The number of aromatic hydroxyl groups is 1. The summed E-state index contributed by atoms with van der Waals surface area (Å²) >= 11 is 0. The molecule has 18 heteroatoms. The van der Waals surface area contributed by atoms with Gasteiger partial charge in [-0.05, 0) is 47.5 Å². The number of azo groups is 2. The predicted octanol–water partition coefficient (Wildman–Crippen LogP) is 1.61. The minimum Gasteiger partial charge on any atom is -0.744 e. The topological polar surface area (TPSA) is 229 Å². The molecule has 0 radical (unpaired) electrons. The van der Waals surface area contributed by atoms with E-state index in [4.69, 9.17) is 15.2 Å². The third-order valence-corrected chi connectivity index (χ3v) is 9.50. The normalized spacial score (nSPS) is 11.8. The summed E-state index contributed by atoms with van der Waals surface area (Å²) in [6.07, 6.45) is 0. The molecular weight excluding hydrogens is 733 g/mol. The summed E-state index contributed by atoms with van der Waals surface area (Å²) in [5.41, 5.74) is 8.01. The van der Waals surface area contributed by atoms with Crippen LogP contribution in [-0.2, 0) is 20.2 Å². The van der Waals surface area contributed by atoms with Gasteiger partial charge in [0.1, 0.15) is 54.5 Å². The van der Waals surface area contributed by atoms with Crippen molar-refractivity contribution in [1.29, 1.82) is 0 Å². The van der Waals surface area contributed by atoms with Crippen molar-refractivity contribution >= 4 is 70.2 Å². The van der Waals surface area contributed by atoms with Crippen LogP contribution in [0.1, 0.15) is 0 Å². The minimum atomic E-state index is -4.89. The summed E-state index contributed by atoms with van der Waals surface area (Å²) in [4.78, 5) is -1.01. The van der Waals surface area contributed by atoms with E-state index >= 15 is 0 Å². The maximum absolute atomic E-state index is 12.0. The Morgan fingerprint density at radius 1 is 0.558 bits per heavy atom. The van der Waals surface area contributed by atoms with E-state index in [-0.39, 0.29) is 115 Å². The van der Waals surface area contributed by atoms with Crippen molar-refractivity contribution in [2.45, 2.75) is 9.79 Å². The zero-order chi connectivity index (χ0) is 35.8. The van der Waals surface area contributed by atoms with Gasteiger partial charge in [0.2, 0.25) is 0 Å². The Kier molecular flexibility index (Phi) is 12.9. The molecule has 0 aliphatic heterocycles. The van der Waals surface area contributed by atoms with E-state index in [1.807, 2.05) is 0 Å². The number of nitrogen functional groups attached to an aromatic ring is 1. The Labute approximate surface area is 342 Å². The van der Waals surface area contributed by atoms with E-state index in [2.05, 4.69) is 20.5 Å². The maximum Gasteiger partial charge on any atom is 1.00 e. The molecule has 0 saturated heterocycles. The van der Waals surface area contributed by atoms with E-state index in [0.717, 1.165) is 12.1 Å². The monoisotopic (exact) mass is 757 g/mol. The molecule has 0 saturated carbocycles. The number of phenolic OH excluding ortho intramolecular Hbond substituents is 1. The molecule has 6 rings (SSSR count). The fraction of sp³-hybridized carbons (Fsp3) is 0.0588. The number of hydrogen-bond acceptors (Lipinski definition) is 14. The van der Waals surface area contributed by atoms with Gasteiger partial charge in [-0.3, -0.25) is 0 Å². The van der Waals surface area contributed by atoms with Crippen molar-refractivity contribution < 1.29 is 99.6 Å². The molecule has 3 N–H and O–H groups in total. The van der Waals surface area contributed by atoms with Crippen molar-refractivity contribution in [2.24, 2.45) is 20.5 Å². The van der Waals surface area contributed by atoms with Crippen LogP contribution >= 0.6 is 0 Å². The van der Waals surface area contributed by atoms with Gasteiger partial charge in [0.05, 0.1) is 29.7 Å². The van der Waals surface area contributed by atoms with Crippen LogP contribution in [-0.4, -0.2) is 45.3 Å². The molecule has 254 valence electrons. The third-order valence-electron chi connectivity index (χ3n) is 7.75. The first-order valence-corrected chi connectivity index (χ1v) is 17.3. The first-order chi connectivity index (χ1) is 23.8. The molecule has 0 aliphatic rings. The van der Waals surface area contributed by atoms with E-state index in [1.54, 1.807) is 66.7 Å². The van der Waals surface area contributed by atoms with Crippen molar-refractivity contribution in [1.82, 2.24) is 0 Å². The zero-order valence-electron chi connectivity index (χ0n) is 28.1. The first-order valence-electron chi connectivity index (χ1n) is 14.5. The number of hydrogen-bond donors (Lipinski definition) is 2. The van der Waals surface area contributed by atoms with Crippen molar-refractivity contribution in [3.8, 4) is 28.4 Å². The van der Waals surface area contributed by atoms with Crippen LogP contribution < -0.4 is 74.3 Å². The Bertz CT molecular complexity index is 2440. The van der Waals surface area contributed by atoms with Crippen LogP contribution in [0.15, 0.2) is 127 Å². The number of fused-ring (bicyclic) bond motifs is 2. The van der Waals surface area contributed by atoms with Crippen LogP contribution in [0, 0.1) is 0 Å². The molecule has 14 nitrogen and oxygen atoms in total. The maximum atomic E-state index is 12.0. The fourth-order valence-corrected chi connectivity index (χ4v) is 6.74. The summed E-state index contributed by atoms with van der Waals surface area (Å²) in [6, 6.07) is 24.4. The smallest absolute Gasteiger partial charge is 0.744 e. The SMILES string of the molecule is COc1cc(-c2ccc(N=Nc3cc(S(=O)(=O)[O-])c4ccccc4c3O)c(OC)c2)ccc1N=Nc1cc(S(=O)(=O)[O-])c2ccccc2c1N.[Na+].[Na+]. The number of nitrogens with two attached hydrogens (primary N) is 1.